The van der Waals surface area contributed by atoms with E-state index in [-0.39, 0.29) is 12.2 Å². The Morgan fingerprint density at radius 1 is 0.917 bits per heavy atom. The van der Waals surface area contributed by atoms with Gasteiger partial charge in [-0.25, -0.2) is 0 Å². The maximum atomic E-state index is 11.2. The summed E-state index contributed by atoms with van der Waals surface area (Å²) in [6, 6.07) is 0. The molecule has 0 N–H and O–H groups in total. The Balaban J connectivity index is 1.62. The topological polar surface area (TPSA) is 35.5 Å². The lowest BCUT2D eigenvalue weighted by molar-refractivity contribution is 0.0618. The fourth-order valence-corrected chi connectivity index (χ4v) is 2.18. The van der Waals surface area contributed by atoms with Crippen LogP contribution in [-0.2, 0) is 13.6 Å². The Hall–Kier alpha value is 0.0200. The molecule has 0 bridgehead atoms. The van der Waals surface area contributed by atoms with Crippen LogP contribution >= 0.6 is 8.25 Å². The summed E-state index contributed by atoms with van der Waals surface area (Å²) in [5.74, 6) is 0. The fraction of sp³-hybridized carbons (Fsp3) is 1.00. The highest BCUT2D eigenvalue weighted by atomic mass is 31.1. The molecule has 2 aliphatic rings. The molecule has 0 aromatic rings. The molecule has 12 heavy (non-hydrogen) atoms. The second-order valence-electron chi connectivity index (χ2n) is 3.54. The Bertz CT molecular complexity index is 157. The highest BCUT2D eigenvalue weighted by molar-refractivity contribution is 7.33. The van der Waals surface area contributed by atoms with Gasteiger partial charge in [0, 0.05) is 4.57 Å². The van der Waals surface area contributed by atoms with Crippen molar-refractivity contribution in [2.75, 3.05) is 0 Å². The minimum atomic E-state index is -1.82. The molecule has 0 unspecified atom stereocenters. The zero-order valence-corrected chi connectivity index (χ0v) is 7.96. The number of rotatable bonds is 4. The van der Waals surface area contributed by atoms with Gasteiger partial charge >= 0.3 is 8.25 Å². The van der Waals surface area contributed by atoms with Crippen LogP contribution in [0.15, 0.2) is 0 Å². The van der Waals surface area contributed by atoms with Gasteiger partial charge in [0.15, 0.2) is 0 Å². The Kier molecular flexibility index (Phi) is 2.74. The molecule has 0 aliphatic heterocycles. The smallest absolute Gasteiger partial charge is 0.116 e. The Morgan fingerprint density at radius 2 is 1.33 bits per heavy atom. The summed E-state index contributed by atoms with van der Waals surface area (Å²) in [4.78, 5) is 0. The maximum Gasteiger partial charge on any atom is 0.697 e. The van der Waals surface area contributed by atoms with E-state index in [9.17, 15) is 4.57 Å². The average Bonchev–Trinajstić information content (AvgIpc) is 1.89. The molecule has 0 spiro atoms. The van der Waals surface area contributed by atoms with Crippen molar-refractivity contribution in [2.45, 2.75) is 50.7 Å². The van der Waals surface area contributed by atoms with Crippen LogP contribution in [0.1, 0.15) is 38.5 Å². The Morgan fingerprint density at radius 3 is 1.58 bits per heavy atom. The molecule has 68 valence electrons. The van der Waals surface area contributed by atoms with Gasteiger partial charge in [0.1, 0.15) is 12.2 Å². The summed E-state index contributed by atoms with van der Waals surface area (Å²) < 4.78 is 21.5. The van der Waals surface area contributed by atoms with Gasteiger partial charge in [-0.1, -0.05) is 0 Å². The van der Waals surface area contributed by atoms with E-state index in [1.54, 1.807) is 0 Å². The molecule has 2 aliphatic carbocycles. The minimum Gasteiger partial charge on any atom is -0.116 e. The molecular formula is C8H14O3P+. The van der Waals surface area contributed by atoms with Crippen LogP contribution in [0.5, 0.6) is 0 Å². The molecule has 2 saturated carbocycles. The van der Waals surface area contributed by atoms with E-state index >= 15 is 0 Å². The highest BCUT2D eigenvalue weighted by Crippen LogP contribution is 2.38. The molecule has 2 fully saturated rings. The molecule has 0 radical (unpaired) electrons. The first kappa shape index (κ1) is 8.61. The lowest BCUT2D eigenvalue weighted by Crippen LogP contribution is -2.22. The van der Waals surface area contributed by atoms with Crippen molar-refractivity contribution < 1.29 is 13.6 Å². The van der Waals surface area contributed by atoms with E-state index in [2.05, 4.69) is 0 Å². The molecule has 0 aromatic heterocycles. The van der Waals surface area contributed by atoms with Crippen LogP contribution in [0.4, 0.5) is 0 Å². The van der Waals surface area contributed by atoms with Gasteiger partial charge in [0.25, 0.3) is 0 Å². The molecule has 0 saturated heterocycles. The van der Waals surface area contributed by atoms with E-state index in [4.69, 9.17) is 9.05 Å². The summed E-state index contributed by atoms with van der Waals surface area (Å²) in [5, 5.41) is 0. The predicted molar refractivity (Wildman–Crippen MR) is 45.1 cm³/mol. The van der Waals surface area contributed by atoms with Crippen LogP contribution < -0.4 is 0 Å². The molecule has 0 amide bonds. The second kappa shape index (κ2) is 3.82. The fourth-order valence-electron chi connectivity index (χ4n) is 1.22. The van der Waals surface area contributed by atoms with Crippen LogP contribution in [0.3, 0.4) is 0 Å². The third-order valence-corrected chi connectivity index (χ3v) is 3.52. The van der Waals surface area contributed by atoms with Gasteiger partial charge in [0.2, 0.25) is 0 Å². The van der Waals surface area contributed by atoms with Crippen molar-refractivity contribution in [3.05, 3.63) is 0 Å². The van der Waals surface area contributed by atoms with Crippen LogP contribution in [0.2, 0.25) is 0 Å². The first-order valence-electron chi connectivity index (χ1n) is 4.65. The van der Waals surface area contributed by atoms with Gasteiger partial charge in [-0.2, -0.15) is 0 Å². The lowest BCUT2D eigenvalue weighted by atomic mass is 9.97. The second-order valence-corrected chi connectivity index (χ2v) is 4.41. The first-order valence-corrected chi connectivity index (χ1v) is 5.75. The quantitative estimate of drug-likeness (QED) is 0.638. The van der Waals surface area contributed by atoms with Gasteiger partial charge in [0.05, 0.1) is 0 Å². The number of hydrogen-bond acceptors (Lipinski definition) is 3. The van der Waals surface area contributed by atoms with Crippen molar-refractivity contribution in [1.29, 1.82) is 0 Å². The third-order valence-electron chi connectivity index (χ3n) is 2.57. The minimum absolute atomic E-state index is 0.216. The standard InChI is InChI=1S/C8H14O3P/c9-12(10-7-3-1-4-7)11-8-5-2-6-8/h7-8H,1-6H2/q+1. The van der Waals surface area contributed by atoms with Crippen LogP contribution in [-0.4, -0.2) is 12.2 Å². The molecular weight excluding hydrogens is 175 g/mol. The van der Waals surface area contributed by atoms with Crippen molar-refractivity contribution in [2.24, 2.45) is 0 Å². The molecule has 0 aromatic carbocycles. The van der Waals surface area contributed by atoms with Gasteiger partial charge in [-0.15, -0.1) is 9.05 Å². The van der Waals surface area contributed by atoms with Gasteiger partial charge in [-0.05, 0) is 38.5 Å². The zero-order chi connectivity index (χ0) is 8.39. The van der Waals surface area contributed by atoms with E-state index in [0.717, 1.165) is 25.7 Å². The summed E-state index contributed by atoms with van der Waals surface area (Å²) in [6.45, 7) is 0. The monoisotopic (exact) mass is 189 g/mol. The van der Waals surface area contributed by atoms with E-state index in [1.807, 2.05) is 0 Å². The largest absolute Gasteiger partial charge is 0.697 e. The molecule has 2 rings (SSSR count). The Labute approximate surface area is 73.4 Å². The molecule has 0 atom stereocenters. The van der Waals surface area contributed by atoms with Crippen LogP contribution in [0.25, 0.3) is 0 Å². The van der Waals surface area contributed by atoms with Crippen LogP contribution in [0, 0.1) is 0 Å². The SMILES string of the molecule is O=[P+](OC1CCC1)OC1CCC1. The van der Waals surface area contributed by atoms with Crippen molar-refractivity contribution in [1.82, 2.24) is 0 Å². The highest BCUT2D eigenvalue weighted by Gasteiger charge is 2.36. The van der Waals surface area contributed by atoms with Gasteiger partial charge in [-0.3, -0.25) is 0 Å². The van der Waals surface area contributed by atoms with E-state index in [1.165, 1.54) is 12.8 Å². The lowest BCUT2D eigenvalue weighted by Gasteiger charge is -2.21. The van der Waals surface area contributed by atoms with Crippen molar-refractivity contribution >= 4 is 8.25 Å². The average molecular weight is 189 g/mol. The summed E-state index contributed by atoms with van der Waals surface area (Å²) in [7, 11) is -1.82. The van der Waals surface area contributed by atoms with E-state index < -0.39 is 8.25 Å². The molecule has 3 nitrogen and oxygen atoms in total. The first-order chi connectivity index (χ1) is 5.84. The summed E-state index contributed by atoms with van der Waals surface area (Å²) in [6.07, 6.45) is 7.05. The zero-order valence-electron chi connectivity index (χ0n) is 7.07. The predicted octanol–water partition coefficient (Wildman–Crippen LogP) is 2.78. The van der Waals surface area contributed by atoms with E-state index in [0.29, 0.717) is 0 Å². The number of hydrogen-bond donors (Lipinski definition) is 0. The maximum absolute atomic E-state index is 11.2. The molecule has 4 heteroatoms. The normalized spacial score (nSPS) is 24.7. The van der Waals surface area contributed by atoms with Gasteiger partial charge < -0.3 is 0 Å². The molecule has 0 heterocycles. The third kappa shape index (κ3) is 2.03. The summed E-state index contributed by atoms with van der Waals surface area (Å²) in [5.41, 5.74) is 0. The van der Waals surface area contributed by atoms with Crippen molar-refractivity contribution in [3.8, 4) is 0 Å². The van der Waals surface area contributed by atoms with Crippen molar-refractivity contribution in [3.63, 3.8) is 0 Å². The summed E-state index contributed by atoms with van der Waals surface area (Å²) >= 11 is 0.